The van der Waals surface area contributed by atoms with Gasteiger partial charge in [-0.3, -0.25) is 4.98 Å². The van der Waals surface area contributed by atoms with Gasteiger partial charge in [-0.1, -0.05) is 6.07 Å². The summed E-state index contributed by atoms with van der Waals surface area (Å²) in [6.45, 7) is 4.36. The van der Waals surface area contributed by atoms with Crippen LogP contribution in [0.15, 0.2) is 30.5 Å². The van der Waals surface area contributed by atoms with E-state index in [9.17, 15) is 0 Å². The molecule has 1 aromatic carbocycles. The Hall–Kier alpha value is -1.61. The Labute approximate surface area is 108 Å². The maximum absolute atomic E-state index is 4.43. The van der Waals surface area contributed by atoms with Crippen LogP contribution in [0, 0.1) is 6.92 Å². The first-order chi connectivity index (χ1) is 8.83. The van der Waals surface area contributed by atoms with Crippen LogP contribution in [0.5, 0.6) is 0 Å². The molecule has 0 spiro atoms. The summed E-state index contributed by atoms with van der Waals surface area (Å²) in [5.41, 5.74) is 3.57. The zero-order valence-electron chi connectivity index (χ0n) is 10.7. The number of hydrogen-bond donors (Lipinski definition) is 2. The smallest absolute Gasteiger partial charge is 0.0732 e. The van der Waals surface area contributed by atoms with E-state index >= 15 is 0 Å². The van der Waals surface area contributed by atoms with E-state index in [2.05, 4.69) is 40.7 Å². The van der Waals surface area contributed by atoms with E-state index in [1.54, 1.807) is 0 Å². The second-order valence-electron chi connectivity index (χ2n) is 5.04. The van der Waals surface area contributed by atoms with Gasteiger partial charge in [0, 0.05) is 23.3 Å². The molecule has 0 amide bonds. The second-order valence-corrected chi connectivity index (χ2v) is 5.04. The molecule has 3 rings (SSSR count). The van der Waals surface area contributed by atoms with Crippen molar-refractivity contribution in [3.05, 3.63) is 36.0 Å². The number of anilines is 1. The highest BCUT2D eigenvalue weighted by atomic mass is 15.0. The Balaban J connectivity index is 1.87. The Morgan fingerprint density at radius 3 is 2.94 bits per heavy atom. The van der Waals surface area contributed by atoms with Crippen molar-refractivity contribution < 1.29 is 0 Å². The second kappa shape index (κ2) is 4.94. The van der Waals surface area contributed by atoms with Gasteiger partial charge in [-0.15, -0.1) is 0 Å². The summed E-state index contributed by atoms with van der Waals surface area (Å²) >= 11 is 0. The Kier molecular flexibility index (Phi) is 3.15. The molecule has 0 saturated carbocycles. The molecule has 0 aliphatic carbocycles. The van der Waals surface area contributed by atoms with E-state index in [1.165, 1.54) is 29.5 Å². The molecular weight excluding hydrogens is 222 g/mol. The van der Waals surface area contributed by atoms with E-state index in [4.69, 9.17) is 0 Å². The van der Waals surface area contributed by atoms with Crippen molar-refractivity contribution in [2.45, 2.75) is 25.8 Å². The minimum Gasteiger partial charge on any atom is -0.382 e. The van der Waals surface area contributed by atoms with Crippen LogP contribution in [-0.2, 0) is 0 Å². The van der Waals surface area contributed by atoms with Gasteiger partial charge in [0.1, 0.15) is 0 Å². The molecule has 1 aromatic heterocycles. The molecule has 1 saturated heterocycles. The van der Waals surface area contributed by atoms with Crippen LogP contribution in [0.4, 0.5) is 5.69 Å². The summed E-state index contributed by atoms with van der Waals surface area (Å²) in [6.07, 6.45) is 4.25. The van der Waals surface area contributed by atoms with Crippen molar-refractivity contribution in [3.8, 4) is 0 Å². The summed E-state index contributed by atoms with van der Waals surface area (Å²) in [5.74, 6) is 0. The average Bonchev–Trinajstić information content (AvgIpc) is 2.40. The van der Waals surface area contributed by atoms with Crippen LogP contribution in [0.25, 0.3) is 10.9 Å². The Morgan fingerprint density at radius 2 is 2.11 bits per heavy atom. The van der Waals surface area contributed by atoms with Gasteiger partial charge in [-0.25, -0.2) is 0 Å². The van der Waals surface area contributed by atoms with Crippen LogP contribution < -0.4 is 10.6 Å². The maximum Gasteiger partial charge on any atom is 0.0732 e. The lowest BCUT2D eigenvalue weighted by atomic mass is 10.0. The van der Waals surface area contributed by atoms with E-state index in [1.807, 2.05) is 12.3 Å². The number of fused-ring (bicyclic) bond motifs is 1. The predicted octanol–water partition coefficient (Wildman–Crippen LogP) is 2.71. The third-order valence-electron chi connectivity index (χ3n) is 3.61. The summed E-state index contributed by atoms with van der Waals surface area (Å²) in [6, 6.07) is 9.13. The molecule has 0 unspecified atom stereocenters. The number of nitrogens with zero attached hydrogens (tertiary/aromatic N) is 1. The molecule has 2 heterocycles. The van der Waals surface area contributed by atoms with Gasteiger partial charge in [-0.2, -0.15) is 0 Å². The van der Waals surface area contributed by atoms with Crippen LogP contribution in [0.3, 0.4) is 0 Å². The molecule has 1 aliphatic heterocycles. The van der Waals surface area contributed by atoms with Gasteiger partial charge in [-0.05, 0) is 56.6 Å². The van der Waals surface area contributed by atoms with E-state index in [0.29, 0.717) is 6.04 Å². The summed E-state index contributed by atoms with van der Waals surface area (Å²) in [5, 5.41) is 8.25. The summed E-state index contributed by atoms with van der Waals surface area (Å²) in [4.78, 5) is 4.43. The van der Waals surface area contributed by atoms with Gasteiger partial charge in [0.25, 0.3) is 0 Å². The largest absolute Gasteiger partial charge is 0.382 e. The molecule has 0 radical (unpaired) electrons. The minimum atomic E-state index is 0.597. The molecule has 94 valence electrons. The number of nitrogens with one attached hydrogen (secondary N) is 2. The molecule has 0 atom stereocenters. The molecule has 3 heteroatoms. The average molecular weight is 241 g/mol. The first kappa shape index (κ1) is 11.5. The topological polar surface area (TPSA) is 37.0 Å². The van der Waals surface area contributed by atoms with Gasteiger partial charge in [0.2, 0.25) is 0 Å². The summed E-state index contributed by atoms with van der Waals surface area (Å²) < 4.78 is 0. The molecule has 2 aromatic rings. The van der Waals surface area contributed by atoms with Gasteiger partial charge < -0.3 is 10.6 Å². The highest BCUT2D eigenvalue weighted by molar-refractivity contribution is 5.85. The third kappa shape index (κ3) is 2.31. The number of pyridine rings is 1. The van der Waals surface area contributed by atoms with Crippen molar-refractivity contribution >= 4 is 16.6 Å². The summed E-state index contributed by atoms with van der Waals surface area (Å²) in [7, 11) is 0. The zero-order chi connectivity index (χ0) is 12.4. The Morgan fingerprint density at radius 1 is 1.28 bits per heavy atom. The molecular formula is C15H19N3. The molecule has 2 N–H and O–H groups in total. The van der Waals surface area contributed by atoms with E-state index in [0.717, 1.165) is 18.6 Å². The standard InChI is InChI=1S/C15H19N3/c1-11-9-14(18-13-4-7-16-8-5-13)10-12-3-2-6-17-15(11)12/h2-3,6,9-10,13,16,18H,4-5,7-8H2,1H3. The van der Waals surface area contributed by atoms with Crippen molar-refractivity contribution in [1.29, 1.82) is 0 Å². The van der Waals surface area contributed by atoms with Crippen LogP contribution in [-0.4, -0.2) is 24.1 Å². The lowest BCUT2D eigenvalue weighted by Crippen LogP contribution is -2.35. The van der Waals surface area contributed by atoms with Crippen molar-refractivity contribution in [1.82, 2.24) is 10.3 Å². The fourth-order valence-corrected chi connectivity index (χ4v) is 2.66. The zero-order valence-corrected chi connectivity index (χ0v) is 10.7. The number of benzene rings is 1. The quantitative estimate of drug-likeness (QED) is 0.849. The molecule has 0 bridgehead atoms. The van der Waals surface area contributed by atoms with E-state index < -0.39 is 0 Å². The number of piperidine rings is 1. The monoisotopic (exact) mass is 241 g/mol. The molecule has 3 nitrogen and oxygen atoms in total. The molecule has 1 fully saturated rings. The fraction of sp³-hybridized carbons (Fsp3) is 0.400. The SMILES string of the molecule is Cc1cc(NC2CCNCC2)cc2cccnc12. The van der Waals surface area contributed by atoms with Gasteiger partial charge in [0.05, 0.1) is 5.52 Å². The van der Waals surface area contributed by atoms with Gasteiger partial charge >= 0.3 is 0 Å². The van der Waals surface area contributed by atoms with Crippen LogP contribution in [0.1, 0.15) is 18.4 Å². The number of hydrogen-bond acceptors (Lipinski definition) is 3. The first-order valence-electron chi connectivity index (χ1n) is 6.65. The predicted molar refractivity (Wildman–Crippen MR) is 76.0 cm³/mol. The van der Waals surface area contributed by atoms with Crippen molar-refractivity contribution in [2.75, 3.05) is 18.4 Å². The molecule has 18 heavy (non-hydrogen) atoms. The highest BCUT2D eigenvalue weighted by Crippen LogP contribution is 2.23. The maximum atomic E-state index is 4.43. The fourth-order valence-electron chi connectivity index (χ4n) is 2.66. The first-order valence-corrected chi connectivity index (χ1v) is 6.65. The third-order valence-corrected chi connectivity index (χ3v) is 3.61. The van der Waals surface area contributed by atoms with Crippen molar-refractivity contribution in [3.63, 3.8) is 0 Å². The Bertz CT molecular complexity index is 544. The number of rotatable bonds is 2. The molecule has 1 aliphatic rings. The normalized spacial score (nSPS) is 16.9. The van der Waals surface area contributed by atoms with Crippen molar-refractivity contribution in [2.24, 2.45) is 0 Å². The number of aromatic nitrogens is 1. The lowest BCUT2D eigenvalue weighted by molar-refractivity contribution is 0.479. The minimum absolute atomic E-state index is 0.597. The van der Waals surface area contributed by atoms with E-state index in [-0.39, 0.29) is 0 Å². The number of aryl methyl sites for hydroxylation is 1. The highest BCUT2D eigenvalue weighted by Gasteiger charge is 2.12. The lowest BCUT2D eigenvalue weighted by Gasteiger charge is -2.25. The van der Waals surface area contributed by atoms with Gasteiger partial charge in [0.15, 0.2) is 0 Å². The van der Waals surface area contributed by atoms with Crippen LogP contribution in [0.2, 0.25) is 0 Å². The van der Waals surface area contributed by atoms with Crippen LogP contribution >= 0.6 is 0 Å².